The van der Waals surface area contributed by atoms with Gasteiger partial charge in [-0.15, -0.1) is 0 Å². The minimum atomic E-state index is -0.525. The van der Waals surface area contributed by atoms with Gasteiger partial charge in [-0.3, -0.25) is 4.79 Å². The number of amides is 1. The molecule has 0 atom stereocenters. The zero-order valence-electron chi connectivity index (χ0n) is 13.4. The monoisotopic (exact) mass is 327 g/mol. The molecule has 6 heteroatoms. The second-order valence-electron chi connectivity index (χ2n) is 5.57. The molecular weight excluding hydrogens is 310 g/mol. The molecule has 0 aromatic heterocycles. The molecule has 1 N–H and O–H groups in total. The first kappa shape index (κ1) is 15.9. The Bertz CT molecular complexity index is 780. The fraction of sp³-hybridized carbons (Fsp3) is 0.222. The normalized spacial score (nSPS) is 11.9. The van der Waals surface area contributed by atoms with Crippen molar-refractivity contribution in [1.29, 1.82) is 0 Å². The lowest BCUT2D eigenvalue weighted by Crippen LogP contribution is -2.21. The third-order valence-electron chi connectivity index (χ3n) is 3.45. The van der Waals surface area contributed by atoms with Crippen LogP contribution in [0.2, 0.25) is 0 Å². The molecule has 1 aliphatic heterocycles. The van der Waals surface area contributed by atoms with Crippen molar-refractivity contribution in [3.63, 3.8) is 0 Å². The molecule has 0 aliphatic carbocycles. The van der Waals surface area contributed by atoms with Crippen LogP contribution in [-0.4, -0.2) is 25.3 Å². The highest BCUT2D eigenvalue weighted by Crippen LogP contribution is 2.34. The van der Waals surface area contributed by atoms with E-state index >= 15 is 0 Å². The highest BCUT2D eigenvalue weighted by Gasteiger charge is 2.15. The van der Waals surface area contributed by atoms with Gasteiger partial charge in [0.05, 0.1) is 5.56 Å². The molecule has 0 unspecified atom stereocenters. The van der Waals surface area contributed by atoms with Gasteiger partial charge >= 0.3 is 5.97 Å². The SMILES string of the molecule is Cc1cc(C)cc(C(=O)OCC(=O)Nc2ccc3c(c2)OCO3)c1. The van der Waals surface area contributed by atoms with Crippen molar-refractivity contribution >= 4 is 17.6 Å². The molecule has 0 radical (unpaired) electrons. The topological polar surface area (TPSA) is 73.9 Å². The van der Waals surface area contributed by atoms with Gasteiger partial charge in [-0.25, -0.2) is 4.79 Å². The Kier molecular flexibility index (Phi) is 4.37. The van der Waals surface area contributed by atoms with E-state index in [2.05, 4.69) is 5.32 Å². The predicted molar refractivity (Wildman–Crippen MR) is 87.4 cm³/mol. The van der Waals surface area contributed by atoms with Crippen molar-refractivity contribution in [1.82, 2.24) is 0 Å². The Labute approximate surface area is 139 Å². The predicted octanol–water partition coefficient (Wildman–Crippen LogP) is 2.83. The molecule has 0 fully saturated rings. The number of carbonyl (C=O) groups is 2. The summed E-state index contributed by atoms with van der Waals surface area (Å²) in [7, 11) is 0. The molecule has 24 heavy (non-hydrogen) atoms. The number of nitrogens with one attached hydrogen (secondary N) is 1. The second kappa shape index (κ2) is 6.62. The second-order valence-corrected chi connectivity index (χ2v) is 5.57. The van der Waals surface area contributed by atoms with Crippen molar-refractivity contribution in [3.05, 3.63) is 53.1 Å². The highest BCUT2D eigenvalue weighted by atomic mass is 16.7. The number of anilines is 1. The van der Waals surface area contributed by atoms with E-state index in [1.54, 1.807) is 30.3 Å². The summed E-state index contributed by atoms with van der Waals surface area (Å²) < 4.78 is 15.5. The molecule has 3 rings (SSSR count). The van der Waals surface area contributed by atoms with Gasteiger partial charge in [0.15, 0.2) is 18.1 Å². The fourth-order valence-corrected chi connectivity index (χ4v) is 2.48. The van der Waals surface area contributed by atoms with E-state index in [4.69, 9.17) is 14.2 Å². The van der Waals surface area contributed by atoms with E-state index in [0.717, 1.165) is 11.1 Å². The van der Waals surface area contributed by atoms with Crippen molar-refractivity contribution in [2.45, 2.75) is 13.8 Å². The molecule has 0 saturated heterocycles. The Balaban J connectivity index is 1.56. The summed E-state index contributed by atoms with van der Waals surface area (Å²) in [6, 6.07) is 10.5. The molecule has 6 nitrogen and oxygen atoms in total. The molecule has 2 aromatic rings. The lowest BCUT2D eigenvalue weighted by molar-refractivity contribution is -0.119. The van der Waals surface area contributed by atoms with Crippen LogP contribution in [0.5, 0.6) is 11.5 Å². The summed E-state index contributed by atoms with van der Waals surface area (Å²) in [6.07, 6.45) is 0. The molecule has 1 amide bonds. The molecule has 0 spiro atoms. The largest absolute Gasteiger partial charge is 0.454 e. The van der Waals surface area contributed by atoms with Gasteiger partial charge in [-0.05, 0) is 38.1 Å². The van der Waals surface area contributed by atoms with Crippen LogP contribution in [0.1, 0.15) is 21.5 Å². The van der Waals surface area contributed by atoms with E-state index in [1.807, 2.05) is 19.9 Å². The van der Waals surface area contributed by atoms with Crippen molar-refractivity contribution in [3.8, 4) is 11.5 Å². The first-order chi connectivity index (χ1) is 11.5. The van der Waals surface area contributed by atoms with Gasteiger partial charge in [-0.2, -0.15) is 0 Å². The minimum Gasteiger partial charge on any atom is -0.454 e. The number of fused-ring (bicyclic) bond motifs is 1. The van der Waals surface area contributed by atoms with Crippen LogP contribution in [-0.2, 0) is 9.53 Å². The van der Waals surface area contributed by atoms with Crippen LogP contribution in [0.4, 0.5) is 5.69 Å². The molecule has 124 valence electrons. The van der Waals surface area contributed by atoms with E-state index < -0.39 is 11.9 Å². The zero-order valence-corrected chi connectivity index (χ0v) is 13.4. The summed E-state index contributed by atoms with van der Waals surface area (Å²) in [4.78, 5) is 23.9. The number of rotatable bonds is 4. The van der Waals surface area contributed by atoms with Crippen molar-refractivity contribution in [2.75, 3.05) is 18.7 Å². The van der Waals surface area contributed by atoms with Gasteiger partial charge in [0.2, 0.25) is 6.79 Å². The van der Waals surface area contributed by atoms with E-state index in [0.29, 0.717) is 22.7 Å². The molecule has 1 aliphatic rings. The highest BCUT2D eigenvalue weighted by molar-refractivity contribution is 5.95. The van der Waals surface area contributed by atoms with Crippen LogP contribution in [0.25, 0.3) is 0 Å². The number of carbonyl (C=O) groups excluding carboxylic acids is 2. The molecule has 0 bridgehead atoms. The quantitative estimate of drug-likeness (QED) is 0.874. The Morgan fingerprint density at radius 1 is 1.04 bits per heavy atom. The van der Waals surface area contributed by atoms with Gasteiger partial charge in [-0.1, -0.05) is 17.2 Å². The van der Waals surface area contributed by atoms with Crippen LogP contribution >= 0.6 is 0 Å². The average molecular weight is 327 g/mol. The summed E-state index contributed by atoms with van der Waals surface area (Å²) in [6.45, 7) is 3.60. The first-order valence-corrected chi connectivity index (χ1v) is 7.46. The molecule has 1 heterocycles. The van der Waals surface area contributed by atoms with Crippen molar-refractivity contribution < 1.29 is 23.8 Å². The summed E-state index contributed by atoms with van der Waals surface area (Å²) in [5, 5.41) is 2.65. The third-order valence-corrected chi connectivity index (χ3v) is 3.45. The number of hydrogen-bond acceptors (Lipinski definition) is 5. The summed E-state index contributed by atoms with van der Waals surface area (Å²) in [5.41, 5.74) is 2.91. The number of esters is 1. The van der Waals surface area contributed by atoms with Crippen LogP contribution < -0.4 is 14.8 Å². The number of aryl methyl sites for hydroxylation is 2. The average Bonchev–Trinajstić information content (AvgIpc) is 2.99. The lowest BCUT2D eigenvalue weighted by Gasteiger charge is -2.08. The lowest BCUT2D eigenvalue weighted by atomic mass is 10.1. The first-order valence-electron chi connectivity index (χ1n) is 7.46. The molecule has 2 aromatic carbocycles. The van der Waals surface area contributed by atoms with Gasteiger partial charge < -0.3 is 19.5 Å². The third kappa shape index (κ3) is 3.65. The maximum absolute atomic E-state index is 12.0. The molecule has 0 saturated carbocycles. The van der Waals surface area contributed by atoms with E-state index in [-0.39, 0.29) is 13.4 Å². The fourth-order valence-electron chi connectivity index (χ4n) is 2.48. The van der Waals surface area contributed by atoms with Crippen LogP contribution in [0, 0.1) is 13.8 Å². The maximum Gasteiger partial charge on any atom is 0.338 e. The zero-order chi connectivity index (χ0) is 17.1. The van der Waals surface area contributed by atoms with E-state index in [1.165, 1.54) is 0 Å². The van der Waals surface area contributed by atoms with Gasteiger partial charge in [0.25, 0.3) is 5.91 Å². The number of ether oxygens (including phenoxy) is 3. The summed E-state index contributed by atoms with van der Waals surface area (Å²) >= 11 is 0. The Morgan fingerprint density at radius 3 is 2.50 bits per heavy atom. The van der Waals surface area contributed by atoms with Gasteiger partial charge in [0.1, 0.15) is 0 Å². The minimum absolute atomic E-state index is 0.167. The molecular formula is C18H17NO5. The number of benzene rings is 2. The van der Waals surface area contributed by atoms with Crippen molar-refractivity contribution in [2.24, 2.45) is 0 Å². The maximum atomic E-state index is 12.0. The van der Waals surface area contributed by atoms with Crippen LogP contribution in [0.15, 0.2) is 36.4 Å². The number of hydrogen-bond donors (Lipinski definition) is 1. The van der Waals surface area contributed by atoms with E-state index in [9.17, 15) is 9.59 Å². The standard InChI is InChI=1S/C18H17NO5/c1-11-5-12(2)7-13(6-11)18(21)22-9-17(20)19-14-3-4-15-16(8-14)24-10-23-15/h3-8H,9-10H2,1-2H3,(H,19,20). The van der Waals surface area contributed by atoms with Crippen LogP contribution in [0.3, 0.4) is 0 Å². The smallest absolute Gasteiger partial charge is 0.338 e. The Hall–Kier alpha value is -3.02. The van der Waals surface area contributed by atoms with Gasteiger partial charge in [0, 0.05) is 11.8 Å². The Morgan fingerprint density at radius 2 is 1.75 bits per heavy atom. The summed E-state index contributed by atoms with van der Waals surface area (Å²) in [5.74, 6) is 0.253.